The van der Waals surface area contributed by atoms with Crippen LogP contribution in [-0.2, 0) is 16.1 Å². The number of carbonyl (C=O) groups is 2. The van der Waals surface area contributed by atoms with Crippen molar-refractivity contribution in [2.75, 3.05) is 7.11 Å². The zero-order chi connectivity index (χ0) is 19.1. The van der Waals surface area contributed by atoms with E-state index in [4.69, 9.17) is 25.8 Å². The zero-order valence-electron chi connectivity index (χ0n) is 15.0. The molecule has 2 aromatic rings. The third-order valence-corrected chi connectivity index (χ3v) is 3.73. The molecule has 0 spiro atoms. The molecular weight excluding hydrogens is 356 g/mol. The minimum absolute atomic E-state index is 0.0976. The predicted molar refractivity (Wildman–Crippen MR) is 98.7 cm³/mol. The SMILES string of the molecule is COc1ccc(COc2ccc(Cl)cc2C(=O)OC(=O)CC(C)C)cc1. The van der Waals surface area contributed by atoms with E-state index in [2.05, 4.69) is 0 Å². The van der Waals surface area contributed by atoms with E-state index < -0.39 is 11.9 Å². The number of benzene rings is 2. The van der Waals surface area contributed by atoms with E-state index in [-0.39, 0.29) is 24.5 Å². The van der Waals surface area contributed by atoms with Crippen molar-refractivity contribution in [3.8, 4) is 11.5 Å². The van der Waals surface area contributed by atoms with Gasteiger partial charge in [0.05, 0.1) is 7.11 Å². The highest BCUT2D eigenvalue weighted by Crippen LogP contribution is 2.25. The summed E-state index contributed by atoms with van der Waals surface area (Å²) in [5, 5.41) is 0.352. The molecule has 0 heterocycles. The van der Waals surface area contributed by atoms with Crippen LogP contribution in [-0.4, -0.2) is 19.0 Å². The van der Waals surface area contributed by atoms with Gasteiger partial charge in [-0.1, -0.05) is 37.6 Å². The molecule has 0 fully saturated rings. The van der Waals surface area contributed by atoms with Crippen molar-refractivity contribution in [3.63, 3.8) is 0 Å². The van der Waals surface area contributed by atoms with Crippen molar-refractivity contribution < 1.29 is 23.8 Å². The van der Waals surface area contributed by atoms with Crippen molar-refractivity contribution >= 4 is 23.5 Å². The molecule has 0 unspecified atom stereocenters. The first-order chi connectivity index (χ1) is 12.4. The van der Waals surface area contributed by atoms with Gasteiger partial charge in [-0.05, 0) is 41.8 Å². The van der Waals surface area contributed by atoms with Crippen molar-refractivity contribution in [2.24, 2.45) is 5.92 Å². The van der Waals surface area contributed by atoms with Gasteiger partial charge in [-0.15, -0.1) is 0 Å². The Morgan fingerprint density at radius 3 is 2.38 bits per heavy atom. The first kappa shape index (κ1) is 19.8. The van der Waals surface area contributed by atoms with Crippen LogP contribution < -0.4 is 9.47 Å². The minimum Gasteiger partial charge on any atom is -0.497 e. The number of hydrogen-bond acceptors (Lipinski definition) is 5. The van der Waals surface area contributed by atoms with Crippen LogP contribution in [0.4, 0.5) is 0 Å². The molecule has 26 heavy (non-hydrogen) atoms. The summed E-state index contributed by atoms with van der Waals surface area (Å²) in [4.78, 5) is 24.1. The molecule has 0 aliphatic heterocycles. The lowest BCUT2D eigenvalue weighted by Crippen LogP contribution is -2.15. The summed E-state index contributed by atoms with van der Waals surface area (Å²) in [6.07, 6.45) is 0.161. The van der Waals surface area contributed by atoms with E-state index in [1.165, 1.54) is 6.07 Å². The summed E-state index contributed by atoms with van der Waals surface area (Å²) in [7, 11) is 1.59. The monoisotopic (exact) mass is 376 g/mol. The van der Waals surface area contributed by atoms with Gasteiger partial charge in [0.25, 0.3) is 0 Å². The van der Waals surface area contributed by atoms with Crippen LogP contribution in [0.3, 0.4) is 0 Å². The van der Waals surface area contributed by atoms with Gasteiger partial charge in [0.2, 0.25) is 0 Å². The van der Waals surface area contributed by atoms with Gasteiger partial charge < -0.3 is 14.2 Å². The lowest BCUT2D eigenvalue weighted by molar-refractivity contribution is -0.138. The van der Waals surface area contributed by atoms with Crippen molar-refractivity contribution in [3.05, 3.63) is 58.6 Å². The van der Waals surface area contributed by atoms with Crippen molar-refractivity contribution in [1.82, 2.24) is 0 Å². The molecule has 2 aromatic carbocycles. The van der Waals surface area contributed by atoms with Gasteiger partial charge in [-0.25, -0.2) is 4.79 Å². The second kappa shape index (κ2) is 9.25. The van der Waals surface area contributed by atoms with Crippen LogP contribution in [0.15, 0.2) is 42.5 Å². The number of carbonyl (C=O) groups excluding carboxylic acids is 2. The molecule has 0 N–H and O–H groups in total. The number of hydrogen-bond donors (Lipinski definition) is 0. The fraction of sp³-hybridized carbons (Fsp3) is 0.300. The van der Waals surface area contributed by atoms with Gasteiger partial charge >= 0.3 is 11.9 Å². The molecule has 0 saturated heterocycles. The van der Waals surface area contributed by atoms with Crippen LogP contribution in [0, 0.1) is 5.92 Å². The second-order valence-corrected chi connectivity index (χ2v) is 6.57. The Balaban J connectivity index is 2.10. The largest absolute Gasteiger partial charge is 0.497 e. The number of ether oxygens (including phenoxy) is 3. The molecule has 0 amide bonds. The summed E-state index contributed by atoms with van der Waals surface area (Å²) in [5.74, 6) is -0.213. The molecular formula is C20H21ClO5. The number of halogens is 1. The van der Waals surface area contributed by atoms with Gasteiger partial charge in [0.15, 0.2) is 0 Å². The summed E-state index contributed by atoms with van der Waals surface area (Å²) < 4.78 is 15.7. The first-order valence-corrected chi connectivity index (χ1v) is 8.57. The van der Waals surface area contributed by atoms with Crippen LogP contribution in [0.2, 0.25) is 5.02 Å². The Bertz CT molecular complexity index is 768. The van der Waals surface area contributed by atoms with E-state index >= 15 is 0 Å². The van der Waals surface area contributed by atoms with Crippen molar-refractivity contribution in [1.29, 1.82) is 0 Å². The maximum Gasteiger partial charge on any atom is 0.349 e. The summed E-state index contributed by atoms with van der Waals surface area (Å²) >= 11 is 5.97. The lowest BCUT2D eigenvalue weighted by Gasteiger charge is -2.12. The molecule has 0 aliphatic carbocycles. The van der Waals surface area contributed by atoms with Gasteiger partial charge in [-0.3, -0.25) is 4.79 Å². The Kier molecular flexibility index (Phi) is 7.04. The minimum atomic E-state index is -0.775. The van der Waals surface area contributed by atoms with Crippen LogP contribution in [0.25, 0.3) is 0 Å². The van der Waals surface area contributed by atoms with E-state index in [0.29, 0.717) is 10.8 Å². The maximum absolute atomic E-state index is 12.3. The number of esters is 2. The Morgan fingerprint density at radius 1 is 1.08 bits per heavy atom. The van der Waals surface area contributed by atoms with E-state index in [0.717, 1.165) is 11.3 Å². The molecule has 0 bridgehead atoms. The summed E-state index contributed by atoms with van der Waals surface area (Å²) in [5.41, 5.74) is 1.01. The Hall–Kier alpha value is -2.53. The Morgan fingerprint density at radius 2 is 1.77 bits per heavy atom. The molecule has 138 valence electrons. The smallest absolute Gasteiger partial charge is 0.349 e. The maximum atomic E-state index is 12.3. The summed E-state index contributed by atoms with van der Waals surface area (Å²) in [6, 6.07) is 12.0. The summed E-state index contributed by atoms with van der Waals surface area (Å²) in [6.45, 7) is 3.98. The van der Waals surface area contributed by atoms with Crippen LogP contribution >= 0.6 is 11.6 Å². The van der Waals surface area contributed by atoms with Gasteiger partial charge in [0.1, 0.15) is 23.7 Å². The molecule has 6 heteroatoms. The quantitative estimate of drug-likeness (QED) is 0.519. The standard InChI is InChI=1S/C20H21ClO5/c1-13(2)10-19(22)26-20(23)17-11-15(21)6-9-18(17)25-12-14-4-7-16(24-3)8-5-14/h4-9,11,13H,10,12H2,1-3H3. The molecule has 0 radical (unpaired) electrons. The van der Waals surface area contributed by atoms with Gasteiger partial charge in [0, 0.05) is 11.4 Å². The average molecular weight is 377 g/mol. The van der Waals surface area contributed by atoms with E-state index in [9.17, 15) is 9.59 Å². The molecule has 0 aliphatic rings. The third-order valence-electron chi connectivity index (χ3n) is 3.50. The lowest BCUT2D eigenvalue weighted by atomic mass is 10.1. The van der Waals surface area contributed by atoms with Crippen molar-refractivity contribution in [2.45, 2.75) is 26.9 Å². The predicted octanol–water partition coefficient (Wildman–Crippen LogP) is 4.66. The first-order valence-electron chi connectivity index (χ1n) is 8.19. The third kappa shape index (κ3) is 5.77. The normalized spacial score (nSPS) is 10.5. The number of rotatable bonds is 7. The molecule has 5 nitrogen and oxygen atoms in total. The Labute approximate surface area is 157 Å². The highest BCUT2D eigenvalue weighted by Gasteiger charge is 2.19. The van der Waals surface area contributed by atoms with Crippen LogP contribution in [0.5, 0.6) is 11.5 Å². The number of methoxy groups -OCH3 is 1. The van der Waals surface area contributed by atoms with Crippen LogP contribution in [0.1, 0.15) is 36.2 Å². The molecule has 0 saturated carbocycles. The molecule has 0 atom stereocenters. The molecule has 0 aromatic heterocycles. The van der Waals surface area contributed by atoms with Gasteiger partial charge in [-0.2, -0.15) is 0 Å². The average Bonchev–Trinajstić information content (AvgIpc) is 2.60. The zero-order valence-corrected chi connectivity index (χ0v) is 15.7. The fourth-order valence-corrected chi connectivity index (χ4v) is 2.38. The highest BCUT2D eigenvalue weighted by molar-refractivity contribution is 6.31. The van der Waals surface area contributed by atoms with E-state index in [1.54, 1.807) is 19.2 Å². The topological polar surface area (TPSA) is 61.8 Å². The van der Waals surface area contributed by atoms with E-state index in [1.807, 2.05) is 38.1 Å². The second-order valence-electron chi connectivity index (χ2n) is 6.14. The molecule has 2 rings (SSSR count). The highest BCUT2D eigenvalue weighted by atomic mass is 35.5. The fourth-order valence-electron chi connectivity index (χ4n) is 2.20.